The highest BCUT2D eigenvalue weighted by atomic mass is 35.5. The topological polar surface area (TPSA) is 38.1 Å². The van der Waals surface area contributed by atoms with Crippen LogP contribution in [0.15, 0.2) is 35.0 Å². The van der Waals surface area contributed by atoms with Gasteiger partial charge in [-0.1, -0.05) is 23.4 Å². The molecular formula is C12H11ClF2N2OS. The fraction of sp³-hybridized carbons (Fsp3) is 0.250. The molecule has 0 spiro atoms. The average molecular weight is 305 g/mol. The summed E-state index contributed by atoms with van der Waals surface area (Å²) in [4.78, 5) is 3.95. The SMILES string of the molecule is FC(F)SCc1ccc(CNc2cnccc2Cl)o1. The lowest BCUT2D eigenvalue weighted by Gasteiger charge is -2.05. The van der Waals surface area contributed by atoms with E-state index in [1.807, 2.05) is 0 Å². The van der Waals surface area contributed by atoms with E-state index in [1.54, 1.807) is 30.6 Å². The van der Waals surface area contributed by atoms with Crippen molar-refractivity contribution < 1.29 is 13.2 Å². The van der Waals surface area contributed by atoms with Gasteiger partial charge in [0.15, 0.2) is 0 Å². The molecule has 0 aliphatic carbocycles. The Kier molecular flexibility index (Phi) is 5.04. The maximum atomic E-state index is 12.0. The number of thioether (sulfide) groups is 1. The summed E-state index contributed by atoms with van der Waals surface area (Å²) in [6.45, 7) is 0.421. The molecule has 0 atom stereocenters. The molecule has 0 aromatic carbocycles. The van der Waals surface area contributed by atoms with Crippen LogP contribution in [0.2, 0.25) is 5.02 Å². The average Bonchev–Trinajstić information content (AvgIpc) is 2.83. The smallest absolute Gasteiger partial charge is 0.284 e. The third kappa shape index (κ3) is 4.40. The molecule has 0 fully saturated rings. The fourth-order valence-corrected chi connectivity index (χ4v) is 2.05. The van der Waals surface area contributed by atoms with Crippen LogP contribution in [0.4, 0.5) is 14.5 Å². The first-order valence-corrected chi connectivity index (χ1v) is 6.88. The number of alkyl halides is 2. The van der Waals surface area contributed by atoms with Gasteiger partial charge in [-0.2, -0.15) is 8.78 Å². The van der Waals surface area contributed by atoms with Crippen molar-refractivity contribution in [3.8, 4) is 0 Å². The summed E-state index contributed by atoms with van der Waals surface area (Å²) < 4.78 is 29.5. The highest BCUT2D eigenvalue weighted by molar-refractivity contribution is 7.98. The van der Waals surface area contributed by atoms with Crippen molar-refractivity contribution in [1.82, 2.24) is 4.98 Å². The number of hydrogen-bond donors (Lipinski definition) is 1. The van der Waals surface area contributed by atoms with Gasteiger partial charge in [-0.15, -0.1) is 0 Å². The third-order valence-electron chi connectivity index (χ3n) is 2.29. The van der Waals surface area contributed by atoms with Crippen LogP contribution in [0.25, 0.3) is 0 Å². The van der Waals surface area contributed by atoms with Gasteiger partial charge < -0.3 is 9.73 Å². The molecule has 102 valence electrons. The zero-order valence-electron chi connectivity index (χ0n) is 9.78. The molecule has 0 amide bonds. The highest BCUT2D eigenvalue weighted by Gasteiger charge is 2.07. The maximum absolute atomic E-state index is 12.0. The number of pyridine rings is 1. The summed E-state index contributed by atoms with van der Waals surface area (Å²) in [5.41, 5.74) is 0.698. The van der Waals surface area contributed by atoms with Crippen LogP contribution in [0.3, 0.4) is 0 Å². The van der Waals surface area contributed by atoms with Crippen molar-refractivity contribution in [2.75, 3.05) is 5.32 Å². The summed E-state index contributed by atoms with van der Waals surface area (Å²) in [5.74, 6) is -1.05. The number of hydrogen-bond acceptors (Lipinski definition) is 4. The molecule has 3 nitrogen and oxygen atoms in total. The quantitative estimate of drug-likeness (QED) is 0.858. The van der Waals surface area contributed by atoms with Crippen LogP contribution >= 0.6 is 23.4 Å². The van der Waals surface area contributed by atoms with Gasteiger partial charge in [0, 0.05) is 6.20 Å². The Hall–Kier alpha value is -1.27. The normalized spacial score (nSPS) is 10.9. The predicted molar refractivity (Wildman–Crippen MR) is 72.6 cm³/mol. The largest absolute Gasteiger partial charge is 0.463 e. The van der Waals surface area contributed by atoms with Crippen LogP contribution in [-0.2, 0) is 12.3 Å². The first-order chi connectivity index (χ1) is 9.15. The Labute approximate surface area is 118 Å². The Morgan fingerprint density at radius 3 is 2.84 bits per heavy atom. The molecule has 2 aromatic heterocycles. The van der Waals surface area contributed by atoms with Crippen LogP contribution in [0, 0.1) is 0 Å². The number of furan rings is 1. The van der Waals surface area contributed by atoms with E-state index in [9.17, 15) is 8.78 Å². The van der Waals surface area contributed by atoms with Gasteiger partial charge in [-0.3, -0.25) is 4.98 Å². The van der Waals surface area contributed by atoms with Crippen LogP contribution < -0.4 is 5.32 Å². The van der Waals surface area contributed by atoms with Crippen molar-refractivity contribution in [3.63, 3.8) is 0 Å². The number of rotatable bonds is 6. The molecule has 2 aromatic rings. The Morgan fingerprint density at radius 2 is 2.11 bits per heavy atom. The molecule has 7 heteroatoms. The summed E-state index contributed by atoms with van der Waals surface area (Å²) in [6.07, 6.45) is 3.21. The first-order valence-electron chi connectivity index (χ1n) is 5.46. The zero-order valence-corrected chi connectivity index (χ0v) is 11.3. The molecular weight excluding hydrogens is 294 g/mol. The van der Waals surface area contributed by atoms with E-state index in [2.05, 4.69) is 10.3 Å². The van der Waals surface area contributed by atoms with Crippen LogP contribution in [-0.4, -0.2) is 10.7 Å². The molecule has 19 heavy (non-hydrogen) atoms. The maximum Gasteiger partial charge on any atom is 0.284 e. The lowest BCUT2D eigenvalue weighted by Crippen LogP contribution is -1.99. The molecule has 1 N–H and O–H groups in total. The molecule has 2 heterocycles. The number of aromatic nitrogens is 1. The Morgan fingerprint density at radius 1 is 1.32 bits per heavy atom. The van der Waals surface area contributed by atoms with Gasteiger partial charge in [-0.05, 0) is 18.2 Å². The van der Waals surface area contributed by atoms with Gasteiger partial charge in [-0.25, -0.2) is 0 Å². The van der Waals surface area contributed by atoms with Crippen molar-refractivity contribution in [1.29, 1.82) is 0 Å². The fourth-order valence-electron chi connectivity index (χ4n) is 1.43. The van der Waals surface area contributed by atoms with Crippen molar-refractivity contribution in [2.24, 2.45) is 0 Å². The molecule has 0 saturated carbocycles. The van der Waals surface area contributed by atoms with E-state index < -0.39 is 5.76 Å². The Bertz CT molecular complexity index is 536. The summed E-state index contributed by atoms with van der Waals surface area (Å²) in [7, 11) is 0. The molecule has 0 saturated heterocycles. The van der Waals surface area contributed by atoms with E-state index in [1.165, 1.54) is 0 Å². The number of halogens is 3. The second kappa shape index (κ2) is 6.77. The summed E-state index contributed by atoms with van der Waals surface area (Å²) in [5, 5.41) is 3.63. The third-order valence-corrected chi connectivity index (χ3v) is 3.32. The lowest BCUT2D eigenvalue weighted by atomic mass is 10.4. The van der Waals surface area contributed by atoms with E-state index >= 15 is 0 Å². The minimum absolute atomic E-state index is 0.158. The van der Waals surface area contributed by atoms with Gasteiger partial charge in [0.25, 0.3) is 5.76 Å². The van der Waals surface area contributed by atoms with Gasteiger partial charge in [0.2, 0.25) is 0 Å². The van der Waals surface area contributed by atoms with Crippen molar-refractivity contribution in [2.45, 2.75) is 18.1 Å². The predicted octanol–water partition coefficient (Wildman–Crippen LogP) is 4.40. The lowest BCUT2D eigenvalue weighted by molar-refractivity contribution is 0.251. The molecule has 0 aliphatic heterocycles. The van der Waals surface area contributed by atoms with E-state index in [4.69, 9.17) is 16.0 Å². The first kappa shape index (κ1) is 14.1. The van der Waals surface area contributed by atoms with E-state index in [-0.39, 0.29) is 5.75 Å². The second-order valence-corrected chi connectivity index (χ2v) is 5.03. The molecule has 0 unspecified atom stereocenters. The zero-order chi connectivity index (χ0) is 13.7. The molecule has 0 aliphatic rings. The standard InChI is InChI=1S/C12H11ClF2N2OS/c13-10-3-4-16-6-11(10)17-5-8-1-2-9(18-8)7-19-12(14)15/h1-4,6,12,17H,5,7H2. The number of anilines is 1. The van der Waals surface area contributed by atoms with E-state index in [0.717, 1.165) is 0 Å². The monoisotopic (exact) mass is 304 g/mol. The minimum atomic E-state index is -2.39. The van der Waals surface area contributed by atoms with Crippen molar-refractivity contribution >= 4 is 29.1 Å². The summed E-state index contributed by atoms with van der Waals surface area (Å²) in [6, 6.07) is 5.12. The summed E-state index contributed by atoms with van der Waals surface area (Å²) >= 11 is 6.50. The Balaban J connectivity index is 1.88. The molecule has 0 bridgehead atoms. The number of nitrogens with zero attached hydrogens (tertiary/aromatic N) is 1. The molecule has 0 radical (unpaired) electrons. The van der Waals surface area contributed by atoms with E-state index in [0.29, 0.717) is 40.5 Å². The minimum Gasteiger partial charge on any atom is -0.463 e. The molecule has 2 rings (SSSR count). The van der Waals surface area contributed by atoms with Crippen LogP contribution in [0.5, 0.6) is 0 Å². The highest BCUT2D eigenvalue weighted by Crippen LogP contribution is 2.23. The second-order valence-electron chi connectivity index (χ2n) is 3.65. The number of nitrogens with one attached hydrogen (secondary N) is 1. The van der Waals surface area contributed by atoms with Crippen molar-refractivity contribution in [3.05, 3.63) is 47.1 Å². The van der Waals surface area contributed by atoms with Crippen LogP contribution in [0.1, 0.15) is 11.5 Å². The van der Waals surface area contributed by atoms with Gasteiger partial charge >= 0.3 is 0 Å². The van der Waals surface area contributed by atoms with Gasteiger partial charge in [0.05, 0.1) is 29.2 Å². The van der Waals surface area contributed by atoms with Gasteiger partial charge in [0.1, 0.15) is 11.5 Å².